The number of halogens is 1. The third kappa shape index (κ3) is 3.02. The molecule has 0 saturated carbocycles. The Kier molecular flexibility index (Phi) is 4.44. The lowest BCUT2D eigenvalue weighted by Gasteiger charge is -2.17. The van der Waals surface area contributed by atoms with Crippen molar-refractivity contribution >= 4 is 33.2 Å². The smallest absolute Gasteiger partial charge is 0.279 e. The number of carbonyl (C=O) groups excluding carboxylic acids is 1. The van der Waals surface area contributed by atoms with Crippen LogP contribution in [0.1, 0.15) is 27.7 Å². The molecule has 2 aromatic carbocycles. The number of rotatable bonds is 2. The topological polar surface area (TPSA) is 34.4 Å². The number of thiazole rings is 1. The van der Waals surface area contributed by atoms with Crippen LogP contribution in [0.15, 0.2) is 58.0 Å². The molecular weight excluding hydrogens is 396 g/mol. The highest BCUT2D eigenvalue weighted by molar-refractivity contribution is 9.10. The van der Waals surface area contributed by atoms with Crippen molar-refractivity contribution in [1.29, 1.82) is 0 Å². The van der Waals surface area contributed by atoms with Crippen molar-refractivity contribution in [3.63, 3.8) is 0 Å². The first-order valence-electron chi connectivity index (χ1n) is 8.32. The second kappa shape index (κ2) is 6.73. The molecule has 0 saturated heterocycles. The van der Waals surface area contributed by atoms with E-state index in [1.807, 2.05) is 18.2 Å². The van der Waals surface area contributed by atoms with E-state index < -0.39 is 0 Å². The van der Waals surface area contributed by atoms with Crippen LogP contribution in [0, 0.1) is 0 Å². The van der Waals surface area contributed by atoms with Gasteiger partial charge in [-0.15, -0.1) is 11.3 Å². The fourth-order valence-corrected chi connectivity index (χ4v) is 4.89. The van der Waals surface area contributed by atoms with Gasteiger partial charge >= 0.3 is 0 Å². The summed E-state index contributed by atoms with van der Waals surface area (Å²) >= 11 is 5.05. The molecule has 0 unspecified atom stereocenters. The van der Waals surface area contributed by atoms with Crippen molar-refractivity contribution in [3.05, 3.63) is 73.8 Å². The summed E-state index contributed by atoms with van der Waals surface area (Å²) in [5, 5.41) is 0. The SMILES string of the molecule is CCn1c2c(sc1=NC(=O)c1cccc(Br)c1)CCc1ccccc1-2. The van der Waals surface area contributed by atoms with Gasteiger partial charge in [0.15, 0.2) is 4.80 Å². The molecule has 1 aliphatic rings. The number of aryl methyl sites for hydroxylation is 2. The van der Waals surface area contributed by atoms with Crippen LogP contribution in [-0.4, -0.2) is 10.5 Å². The van der Waals surface area contributed by atoms with Gasteiger partial charge in [0.1, 0.15) is 0 Å². The zero-order valence-electron chi connectivity index (χ0n) is 13.8. The molecule has 0 N–H and O–H groups in total. The summed E-state index contributed by atoms with van der Waals surface area (Å²) in [6.45, 7) is 2.90. The number of nitrogens with zero attached hydrogens (tertiary/aromatic N) is 2. The van der Waals surface area contributed by atoms with Crippen LogP contribution in [0.2, 0.25) is 0 Å². The number of benzene rings is 2. The van der Waals surface area contributed by atoms with Crippen molar-refractivity contribution in [2.75, 3.05) is 0 Å². The van der Waals surface area contributed by atoms with Crippen molar-refractivity contribution < 1.29 is 4.79 Å². The summed E-state index contributed by atoms with van der Waals surface area (Å²) in [4.78, 5) is 19.1. The third-order valence-corrected chi connectivity index (χ3v) is 6.09. The zero-order valence-corrected chi connectivity index (χ0v) is 16.2. The van der Waals surface area contributed by atoms with Gasteiger partial charge in [-0.3, -0.25) is 4.79 Å². The van der Waals surface area contributed by atoms with Gasteiger partial charge in [0.05, 0.1) is 5.69 Å². The molecule has 1 amide bonds. The third-order valence-electron chi connectivity index (χ3n) is 4.46. The molecule has 4 rings (SSSR count). The predicted octanol–water partition coefficient (Wildman–Crippen LogP) is 4.84. The first-order valence-corrected chi connectivity index (χ1v) is 9.93. The quantitative estimate of drug-likeness (QED) is 0.592. The zero-order chi connectivity index (χ0) is 17.4. The van der Waals surface area contributed by atoms with E-state index in [2.05, 4.69) is 56.7 Å². The van der Waals surface area contributed by atoms with E-state index in [0.29, 0.717) is 5.56 Å². The molecule has 3 aromatic rings. The maximum Gasteiger partial charge on any atom is 0.279 e. The largest absolute Gasteiger partial charge is 0.316 e. The van der Waals surface area contributed by atoms with E-state index in [4.69, 9.17) is 0 Å². The fraction of sp³-hybridized carbons (Fsp3) is 0.200. The van der Waals surface area contributed by atoms with Gasteiger partial charge in [-0.2, -0.15) is 4.99 Å². The molecule has 1 aromatic heterocycles. The van der Waals surface area contributed by atoms with E-state index in [-0.39, 0.29) is 5.91 Å². The van der Waals surface area contributed by atoms with Crippen molar-refractivity contribution in [2.45, 2.75) is 26.3 Å². The molecule has 25 heavy (non-hydrogen) atoms. The normalized spacial score (nSPS) is 13.4. The summed E-state index contributed by atoms with van der Waals surface area (Å²) in [6.07, 6.45) is 2.06. The number of aromatic nitrogens is 1. The molecule has 3 nitrogen and oxygen atoms in total. The Hall–Kier alpha value is -1.98. The average molecular weight is 413 g/mol. The Balaban J connectivity index is 1.85. The average Bonchev–Trinajstić information content (AvgIpc) is 2.99. The number of hydrogen-bond acceptors (Lipinski definition) is 2. The maximum absolute atomic E-state index is 12.6. The number of amides is 1. The Bertz CT molecular complexity index is 1030. The van der Waals surface area contributed by atoms with E-state index >= 15 is 0 Å². The molecule has 0 radical (unpaired) electrons. The minimum absolute atomic E-state index is 0.199. The lowest BCUT2D eigenvalue weighted by atomic mass is 9.93. The van der Waals surface area contributed by atoms with Gasteiger partial charge in [-0.05, 0) is 43.5 Å². The van der Waals surface area contributed by atoms with Gasteiger partial charge in [-0.25, -0.2) is 0 Å². The van der Waals surface area contributed by atoms with Crippen LogP contribution in [-0.2, 0) is 19.4 Å². The predicted molar refractivity (Wildman–Crippen MR) is 105 cm³/mol. The fourth-order valence-electron chi connectivity index (χ4n) is 3.29. The maximum atomic E-state index is 12.6. The van der Waals surface area contributed by atoms with Crippen LogP contribution in [0.3, 0.4) is 0 Å². The van der Waals surface area contributed by atoms with Gasteiger partial charge < -0.3 is 4.57 Å². The van der Waals surface area contributed by atoms with E-state index in [1.54, 1.807) is 17.4 Å². The molecular formula is C20H17BrN2OS. The summed E-state index contributed by atoms with van der Waals surface area (Å²) in [5.74, 6) is -0.199. The minimum Gasteiger partial charge on any atom is -0.316 e. The minimum atomic E-state index is -0.199. The molecule has 0 aliphatic heterocycles. The summed E-state index contributed by atoms with van der Waals surface area (Å²) < 4.78 is 3.06. The molecule has 5 heteroatoms. The van der Waals surface area contributed by atoms with Gasteiger partial charge in [0, 0.05) is 27.0 Å². The highest BCUT2D eigenvalue weighted by Crippen LogP contribution is 2.34. The van der Waals surface area contributed by atoms with Crippen molar-refractivity contribution in [1.82, 2.24) is 4.57 Å². The molecule has 126 valence electrons. The Labute approximate surface area is 158 Å². The van der Waals surface area contributed by atoms with Crippen LogP contribution >= 0.6 is 27.3 Å². The summed E-state index contributed by atoms with van der Waals surface area (Å²) in [7, 11) is 0. The molecule has 0 fully saturated rings. The first-order chi connectivity index (χ1) is 12.2. The molecule has 0 atom stereocenters. The number of hydrogen-bond donors (Lipinski definition) is 0. The molecule has 0 bridgehead atoms. The van der Waals surface area contributed by atoms with E-state index in [1.165, 1.54) is 21.7 Å². The first kappa shape index (κ1) is 16.5. The lowest BCUT2D eigenvalue weighted by molar-refractivity contribution is 0.0997. The van der Waals surface area contributed by atoms with Crippen molar-refractivity contribution in [2.24, 2.45) is 4.99 Å². The lowest BCUT2D eigenvalue weighted by Crippen LogP contribution is -2.18. The second-order valence-corrected chi connectivity index (χ2v) is 7.96. The Morgan fingerprint density at radius 2 is 2.04 bits per heavy atom. The molecule has 1 aliphatic carbocycles. The van der Waals surface area contributed by atoms with Crippen LogP contribution in [0.5, 0.6) is 0 Å². The van der Waals surface area contributed by atoms with E-state index in [0.717, 1.165) is 28.7 Å². The highest BCUT2D eigenvalue weighted by atomic mass is 79.9. The monoisotopic (exact) mass is 412 g/mol. The van der Waals surface area contributed by atoms with E-state index in [9.17, 15) is 4.79 Å². The summed E-state index contributed by atoms with van der Waals surface area (Å²) in [6, 6.07) is 15.9. The van der Waals surface area contributed by atoms with Crippen molar-refractivity contribution in [3.8, 4) is 11.3 Å². The number of fused-ring (bicyclic) bond motifs is 3. The molecule has 1 heterocycles. The van der Waals surface area contributed by atoms with Crippen LogP contribution in [0.25, 0.3) is 11.3 Å². The standard InChI is InChI=1S/C20H17BrN2OS/c1-2-23-18-16-9-4-3-6-13(16)10-11-17(18)25-20(23)22-19(24)14-7-5-8-15(21)12-14/h3-9,12H,2,10-11H2,1H3. The van der Waals surface area contributed by atoms with Gasteiger partial charge in [-0.1, -0.05) is 46.3 Å². The van der Waals surface area contributed by atoms with Gasteiger partial charge in [0.2, 0.25) is 0 Å². The Morgan fingerprint density at radius 3 is 2.84 bits per heavy atom. The Morgan fingerprint density at radius 1 is 1.20 bits per heavy atom. The number of carbonyl (C=O) groups is 1. The van der Waals surface area contributed by atoms with Crippen LogP contribution < -0.4 is 4.80 Å². The van der Waals surface area contributed by atoms with Gasteiger partial charge in [0.25, 0.3) is 5.91 Å². The molecule has 0 spiro atoms. The van der Waals surface area contributed by atoms with Crippen LogP contribution in [0.4, 0.5) is 0 Å². The highest BCUT2D eigenvalue weighted by Gasteiger charge is 2.22. The second-order valence-electron chi connectivity index (χ2n) is 5.99. The summed E-state index contributed by atoms with van der Waals surface area (Å²) in [5.41, 5.74) is 4.48.